The topological polar surface area (TPSA) is 128 Å². The molecule has 10 nitrogen and oxygen atoms in total. The summed E-state index contributed by atoms with van der Waals surface area (Å²) in [6, 6.07) is 0. The first kappa shape index (κ1) is 19.1. The molecule has 0 saturated carbocycles. The van der Waals surface area contributed by atoms with E-state index in [0.29, 0.717) is 38.4 Å². The number of hydrogen-bond acceptors (Lipinski definition) is 6. The monoisotopic (exact) mass is 370 g/mol. The van der Waals surface area contributed by atoms with Gasteiger partial charge in [-0.25, -0.2) is 9.89 Å². The SMILES string of the molecule is CCn1c(C2CCN(C(=O)c3cn(CCN)nn3)CC2)n[nH]c1=O.Cl. The quantitative estimate of drug-likeness (QED) is 0.735. The van der Waals surface area contributed by atoms with Gasteiger partial charge in [0.05, 0.1) is 12.7 Å². The zero-order valence-corrected chi connectivity index (χ0v) is 14.9. The Kier molecular flexibility index (Phi) is 6.32. The first-order valence-electron chi connectivity index (χ1n) is 8.18. The summed E-state index contributed by atoms with van der Waals surface area (Å²) in [6.07, 6.45) is 3.17. The number of nitrogens with zero attached hydrogens (tertiary/aromatic N) is 6. The molecule has 25 heavy (non-hydrogen) atoms. The molecule has 1 fully saturated rings. The van der Waals surface area contributed by atoms with E-state index in [-0.39, 0.29) is 29.9 Å². The van der Waals surface area contributed by atoms with Crippen molar-refractivity contribution < 1.29 is 4.79 Å². The number of piperidine rings is 1. The largest absolute Gasteiger partial charge is 0.343 e. The van der Waals surface area contributed by atoms with Crippen LogP contribution in [-0.4, -0.2) is 60.2 Å². The number of H-pyrrole nitrogens is 1. The van der Waals surface area contributed by atoms with E-state index in [4.69, 9.17) is 5.73 Å². The van der Waals surface area contributed by atoms with Crippen LogP contribution in [0.4, 0.5) is 0 Å². The Morgan fingerprint density at radius 2 is 2.12 bits per heavy atom. The molecule has 0 bridgehead atoms. The van der Waals surface area contributed by atoms with Crippen LogP contribution in [0.5, 0.6) is 0 Å². The molecule has 3 heterocycles. The molecule has 0 aliphatic carbocycles. The van der Waals surface area contributed by atoms with Gasteiger partial charge in [0.25, 0.3) is 5.91 Å². The molecule has 0 atom stereocenters. The summed E-state index contributed by atoms with van der Waals surface area (Å²) in [7, 11) is 0. The third-order valence-corrected chi connectivity index (χ3v) is 4.37. The summed E-state index contributed by atoms with van der Waals surface area (Å²) in [4.78, 5) is 25.9. The molecule has 3 N–H and O–H groups in total. The van der Waals surface area contributed by atoms with E-state index in [9.17, 15) is 9.59 Å². The highest BCUT2D eigenvalue weighted by Crippen LogP contribution is 2.26. The molecular weight excluding hydrogens is 348 g/mol. The van der Waals surface area contributed by atoms with E-state index in [2.05, 4.69) is 20.5 Å². The second kappa shape index (κ2) is 8.26. The van der Waals surface area contributed by atoms with Gasteiger partial charge >= 0.3 is 5.69 Å². The number of amides is 1. The van der Waals surface area contributed by atoms with Crippen molar-refractivity contribution in [2.45, 2.75) is 38.8 Å². The molecule has 1 aliphatic rings. The Morgan fingerprint density at radius 3 is 2.76 bits per heavy atom. The van der Waals surface area contributed by atoms with Crippen LogP contribution in [0, 0.1) is 0 Å². The lowest BCUT2D eigenvalue weighted by Crippen LogP contribution is -2.38. The summed E-state index contributed by atoms with van der Waals surface area (Å²) < 4.78 is 3.23. The Labute approximate surface area is 150 Å². The zero-order valence-electron chi connectivity index (χ0n) is 14.1. The molecule has 138 valence electrons. The van der Waals surface area contributed by atoms with Crippen LogP contribution in [-0.2, 0) is 13.1 Å². The number of nitrogens with one attached hydrogen (secondary N) is 1. The Balaban J connectivity index is 0.00000225. The maximum absolute atomic E-state index is 12.5. The third-order valence-electron chi connectivity index (χ3n) is 4.37. The molecule has 1 aliphatic heterocycles. The second-order valence-corrected chi connectivity index (χ2v) is 5.85. The number of likely N-dealkylation sites (tertiary alicyclic amines) is 1. The van der Waals surface area contributed by atoms with Crippen molar-refractivity contribution in [3.05, 3.63) is 28.2 Å². The van der Waals surface area contributed by atoms with Crippen LogP contribution in [0.2, 0.25) is 0 Å². The highest BCUT2D eigenvalue weighted by molar-refractivity contribution is 5.92. The van der Waals surface area contributed by atoms with Crippen LogP contribution >= 0.6 is 12.4 Å². The second-order valence-electron chi connectivity index (χ2n) is 5.85. The highest BCUT2D eigenvalue weighted by atomic mass is 35.5. The average molecular weight is 371 g/mol. The summed E-state index contributed by atoms with van der Waals surface area (Å²) in [6.45, 7) is 4.72. The summed E-state index contributed by atoms with van der Waals surface area (Å²) >= 11 is 0. The predicted molar refractivity (Wildman–Crippen MR) is 92.7 cm³/mol. The van der Waals surface area contributed by atoms with Gasteiger partial charge in [0.1, 0.15) is 5.82 Å². The van der Waals surface area contributed by atoms with E-state index in [1.807, 2.05) is 6.92 Å². The van der Waals surface area contributed by atoms with Gasteiger partial charge in [-0.2, -0.15) is 5.10 Å². The van der Waals surface area contributed by atoms with Crippen molar-refractivity contribution in [3.8, 4) is 0 Å². The summed E-state index contributed by atoms with van der Waals surface area (Å²) in [5, 5.41) is 14.5. The van der Waals surface area contributed by atoms with E-state index < -0.39 is 0 Å². The maximum atomic E-state index is 12.5. The van der Waals surface area contributed by atoms with Crippen LogP contribution in [0.3, 0.4) is 0 Å². The van der Waals surface area contributed by atoms with Crippen molar-refractivity contribution in [2.24, 2.45) is 5.73 Å². The first-order chi connectivity index (χ1) is 11.6. The molecule has 1 saturated heterocycles. The van der Waals surface area contributed by atoms with E-state index in [0.717, 1.165) is 18.7 Å². The highest BCUT2D eigenvalue weighted by Gasteiger charge is 2.28. The molecule has 0 unspecified atom stereocenters. The van der Waals surface area contributed by atoms with Gasteiger partial charge in [-0.05, 0) is 19.8 Å². The first-order valence-corrected chi connectivity index (χ1v) is 8.18. The predicted octanol–water partition coefficient (Wildman–Crippen LogP) is -0.417. The molecule has 0 radical (unpaired) electrons. The Bertz CT molecular complexity index is 759. The van der Waals surface area contributed by atoms with Gasteiger partial charge in [-0.15, -0.1) is 17.5 Å². The van der Waals surface area contributed by atoms with Gasteiger partial charge in [0, 0.05) is 32.1 Å². The Morgan fingerprint density at radius 1 is 1.40 bits per heavy atom. The number of aromatic amines is 1. The molecule has 0 spiro atoms. The smallest absolute Gasteiger partial charge is 0.337 e. The standard InChI is InChI=1S/C14H22N8O2.ClH/c1-2-22-12(17-18-14(22)24)10-3-6-20(7-4-10)13(23)11-9-21(8-5-15)19-16-11;/h9-10H,2-8,15H2,1H3,(H,18,24);1H. The van der Waals surface area contributed by atoms with E-state index >= 15 is 0 Å². The summed E-state index contributed by atoms with van der Waals surface area (Å²) in [5.41, 5.74) is 5.63. The maximum Gasteiger partial charge on any atom is 0.343 e. The fraction of sp³-hybridized carbons (Fsp3) is 0.643. The van der Waals surface area contributed by atoms with Crippen molar-refractivity contribution in [1.29, 1.82) is 0 Å². The van der Waals surface area contributed by atoms with Crippen molar-refractivity contribution in [3.63, 3.8) is 0 Å². The molecule has 3 rings (SSSR count). The zero-order chi connectivity index (χ0) is 17.1. The number of hydrogen-bond donors (Lipinski definition) is 2. The van der Waals surface area contributed by atoms with Gasteiger partial charge in [0.2, 0.25) is 0 Å². The molecule has 2 aromatic rings. The minimum absolute atomic E-state index is 0. The third kappa shape index (κ3) is 3.90. The van der Waals surface area contributed by atoms with Crippen LogP contribution in [0.15, 0.2) is 11.0 Å². The molecular formula is C14H23ClN8O2. The summed E-state index contributed by atoms with van der Waals surface area (Å²) in [5.74, 6) is 0.844. The van der Waals surface area contributed by atoms with Gasteiger partial charge in [0.15, 0.2) is 5.69 Å². The van der Waals surface area contributed by atoms with Crippen molar-refractivity contribution in [2.75, 3.05) is 19.6 Å². The lowest BCUT2D eigenvalue weighted by molar-refractivity contribution is 0.0704. The number of aromatic nitrogens is 6. The number of halogens is 1. The number of carbonyl (C=O) groups is 1. The van der Waals surface area contributed by atoms with Crippen LogP contribution in [0.1, 0.15) is 42.0 Å². The van der Waals surface area contributed by atoms with Crippen LogP contribution in [0.25, 0.3) is 0 Å². The molecule has 11 heteroatoms. The number of nitrogens with two attached hydrogens (primary N) is 1. The normalized spacial score (nSPS) is 15.2. The fourth-order valence-corrected chi connectivity index (χ4v) is 3.09. The number of carbonyl (C=O) groups excluding carboxylic acids is 1. The Hall–Kier alpha value is -2.20. The van der Waals surface area contributed by atoms with Crippen molar-refractivity contribution in [1.82, 2.24) is 34.7 Å². The lowest BCUT2D eigenvalue weighted by Gasteiger charge is -2.31. The molecule has 0 aromatic carbocycles. The van der Waals surface area contributed by atoms with E-state index in [1.165, 1.54) is 0 Å². The van der Waals surface area contributed by atoms with Gasteiger partial charge < -0.3 is 10.6 Å². The van der Waals surface area contributed by atoms with Crippen molar-refractivity contribution >= 4 is 18.3 Å². The minimum atomic E-state index is -0.178. The molecule has 2 aromatic heterocycles. The number of rotatable bonds is 5. The average Bonchev–Trinajstić information content (AvgIpc) is 3.21. The van der Waals surface area contributed by atoms with Gasteiger partial charge in [-0.1, -0.05) is 5.21 Å². The molecule has 1 amide bonds. The van der Waals surface area contributed by atoms with Crippen LogP contribution < -0.4 is 11.4 Å². The van der Waals surface area contributed by atoms with Gasteiger partial charge in [-0.3, -0.25) is 14.0 Å². The lowest BCUT2D eigenvalue weighted by atomic mass is 9.95. The fourth-order valence-electron chi connectivity index (χ4n) is 3.09. The minimum Gasteiger partial charge on any atom is -0.337 e. The van der Waals surface area contributed by atoms with E-state index in [1.54, 1.807) is 20.3 Å².